The van der Waals surface area contributed by atoms with Crippen LogP contribution in [0.1, 0.15) is 20.8 Å². The van der Waals surface area contributed by atoms with Gasteiger partial charge in [-0.15, -0.1) is 0 Å². The van der Waals surface area contributed by atoms with E-state index in [1.54, 1.807) is 0 Å². The molecule has 1 aliphatic heterocycles. The van der Waals surface area contributed by atoms with Gasteiger partial charge in [-0.25, -0.2) is 0 Å². The molecule has 0 aromatic heterocycles. The van der Waals surface area contributed by atoms with Crippen LogP contribution >= 0.6 is 0 Å². The van der Waals surface area contributed by atoms with Gasteiger partial charge >= 0.3 is 0 Å². The Bertz CT molecular complexity index is 159. The predicted molar refractivity (Wildman–Crippen MR) is 48.9 cm³/mol. The Morgan fingerprint density at radius 1 is 1.42 bits per heavy atom. The van der Waals surface area contributed by atoms with Crippen LogP contribution in [-0.2, 0) is 4.79 Å². The molecule has 1 aliphatic rings. The Hall–Kier alpha value is -0.570. The van der Waals surface area contributed by atoms with Crippen LogP contribution in [0.5, 0.6) is 0 Å². The summed E-state index contributed by atoms with van der Waals surface area (Å²) in [5, 5.41) is 0. The second-order valence-corrected chi connectivity index (χ2v) is 3.78. The number of hydrogen-bond donors (Lipinski definition) is 0. The molecule has 3 nitrogen and oxygen atoms in total. The Labute approximate surface area is 74.3 Å². The van der Waals surface area contributed by atoms with Crippen LogP contribution < -0.4 is 0 Å². The number of carbonyl (C=O) groups is 1. The van der Waals surface area contributed by atoms with Crippen molar-refractivity contribution in [2.24, 2.45) is 0 Å². The molecule has 0 aromatic carbocycles. The van der Waals surface area contributed by atoms with E-state index in [1.165, 1.54) is 0 Å². The fraction of sp³-hybridized carbons (Fsp3) is 0.889. The normalized spacial score (nSPS) is 26.3. The fourth-order valence-electron chi connectivity index (χ4n) is 1.86. The zero-order valence-corrected chi connectivity index (χ0v) is 8.16. The van der Waals surface area contributed by atoms with Crippen molar-refractivity contribution in [1.29, 1.82) is 0 Å². The molecule has 0 N–H and O–H groups in total. The lowest BCUT2D eigenvalue weighted by molar-refractivity contribution is -0.121. The van der Waals surface area contributed by atoms with E-state index in [0.717, 1.165) is 26.0 Å². The minimum atomic E-state index is 0.504. The third kappa shape index (κ3) is 1.97. The van der Waals surface area contributed by atoms with Crippen molar-refractivity contribution in [1.82, 2.24) is 9.80 Å². The third-order valence-electron chi connectivity index (χ3n) is 2.52. The quantitative estimate of drug-likeness (QED) is 0.565. The second kappa shape index (κ2) is 3.90. The van der Waals surface area contributed by atoms with Gasteiger partial charge < -0.3 is 4.90 Å². The third-order valence-corrected chi connectivity index (χ3v) is 2.52. The first-order valence-electron chi connectivity index (χ1n) is 4.60. The van der Waals surface area contributed by atoms with Gasteiger partial charge in [-0.05, 0) is 20.8 Å². The minimum Gasteiger partial charge on any atom is -0.342 e. The van der Waals surface area contributed by atoms with Crippen molar-refractivity contribution in [2.75, 3.05) is 19.6 Å². The molecule has 3 heteroatoms. The molecule has 1 unspecified atom stereocenters. The zero-order valence-electron chi connectivity index (χ0n) is 8.16. The van der Waals surface area contributed by atoms with E-state index in [2.05, 4.69) is 25.7 Å². The van der Waals surface area contributed by atoms with E-state index < -0.39 is 0 Å². The predicted octanol–water partition coefficient (Wildman–Crippen LogP) is 0.557. The molecule has 1 heterocycles. The molecular weight excluding hydrogens is 152 g/mol. The van der Waals surface area contributed by atoms with Crippen molar-refractivity contribution in [3.8, 4) is 0 Å². The highest BCUT2D eigenvalue weighted by molar-refractivity contribution is 5.47. The molecule has 1 atom stereocenters. The molecule has 12 heavy (non-hydrogen) atoms. The van der Waals surface area contributed by atoms with Crippen LogP contribution in [0.15, 0.2) is 0 Å². The van der Waals surface area contributed by atoms with E-state index in [9.17, 15) is 4.79 Å². The molecule has 0 radical (unpaired) electrons. The largest absolute Gasteiger partial charge is 0.342 e. The Morgan fingerprint density at radius 2 is 2.08 bits per heavy atom. The Balaban J connectivity index is 2.47. The fourth-order valence-corrected chi connectivity index (χ4v) is 1.86. The lowest BCUT2D eigenvalue weighted by Gasteiger charge is -2.40. The molecule has 1 amide bonds. The van der Waals surface area contributed by atoms with Crippen molar-refractivity contribution >= 4 is 6.41 Å². The van der Waals surface area contributed by atoms with Gasteiger partial charge in [-0.3, -0.25) is 9.69 Å². The highest BCUT2D eigenvalue weighted by Crippen LogP contribution is 2.10. The van der Waals surface area contributed by atoms with Crippen molar-refractivity contribution in [2.45, 2.75) is 32.9 Å². The number of hydrogen-bond acceptors (Lipinski definition) is 2. The maximum Gasteiger partial charge on any atom is 0.209 e. The van der Waals surface area contributed by atoms with E-state index in [1.807, 2.05) is 4.90 Å². The smallest absolute Gasteiger partial charge is 0.209 e. The summed E-state index contributed by atoms with van der Waals surface area (Å²) < 4.78 is 0. The van der Waals surface area contributed by atoms with Crippen molar-refractivity contribution in [3.63, 3.8) is 0 Å². The van der Waals surface area contributed by atoms with Gasteiger partial charge in [-0.1, -0.05) is 0 Å². The van der Waals surface area contributed by atoms with Crippen molar-refractivity contribution in [3.05, 3.63) is 0 Å². The van der Waals surface area contributed by atoms with Gasteiger partial charge in [0, 0.05) is 31.7 Å². The van der Waals surface area contributed by atoms with E-state index >= 15 is 0 Å². The van der Waals surface area contributed by atoms with Gasteiger partial charge in [0.05, 0.1) is 0 Å². The van der Waals surface area contributed by atoms with Gasteiger partial charge in [-0.2, -0.15) is 0 Å². The molecule has 70 valence electrons. The maximum atomic E-state index is 10.5. The van der Waals surface area contributed by atoms with Gasteiger partial charge in [0.25, 0.3) is 0 Å². The first-order chi connectivity index (χ1) is 5.65. The van der Waals surface area contributed by atoms with Crippen LogP contribution in [0.3, 0.4) is 0 Å². The van der Waals surface area contributed by atoms with Gasteiger partial charge in [0.15, 0.2) is 0 Å². The summed E-state index contributed by atoms with van der Waals surface area (Å²) in [6.45, 7) is 9.35. The minimum absolute atomic E-state index is 0.504. The molecular formula is C9H18N2O. The molecule has 0 aliphatic carbocycles. The average molecular weight is 170 g/mol. The van der Waals surface area contributed by atoms with Crippen LogP contribution in [0.2, 0.25) is 0 Å². The molecule has 0 saturated carbocycles. The van der Waals surface area contributed by atoms with Gasteiger partial charge in [0.1, 0.15) is 0 Å². The van der Waals surface area contributed by atoms with Crippen LogP contribution in [-0.4, -0.2) is 47.9 Å². The molecule has 0 spiro atoms. The SMILES string of the molecule is CC(C)N1CCN(C=O)CC1C. The summed E-state index contributed by atoms with van der Waals surface area (Å²) in [5.74, 6) is 0. The monoisotopic (exact) mass is 170 g/mol. The van der Waals surface area contributed by atoms with E-state index in [0.29, 0.717) is 12.1 Å². The molecule has 0 aromatic rings. The summed E-state index contributed by atoms with van der Waals surface area (Å²) in [6, 6.07) is 1.10. The zero-order chi connectivity index (χ0) is 9.14. The number of nitrogens with zero attached hydrogens (tertiary/aromatic N) is 2. The average Bonchev–Trinajstić information content (AvgIpc) is 2.03. The second-order valence-electron chi connectivity index (χ2n) is 3.78. The van der Waals surface area contributed by atoms with Gasteiger partial charge in [0.2, 0.25) is 6.41 Å². The lowest BCUT2D eigenvalue weighted by atomic mass is 10.1. The molecule has 1 fully saturated rings. The Kier molecular flexibility index (Phi) is 3.09. The summed E-state index contributed by atoms with van der Waals surface area (Å²) in [5.41, 5.74) is 0. The molecule has 1 saturated heterocycles. The summed E-state index contributed by atoms with van der Waals surface area (Å²) in [7, 11) is 0. The van der Waals surface area contributed by atoms with Crippen molar-refractivity contribution < 1.29 is 4.79 Å². The summed E-state index contributed by atoms with van der Waals surface area (Å²) in [4.78, 5) is 14.8. The van der Waals surface area contributed by atoms with E-state index in [-0.39, 0.29) is 0 Å². The number of rotatable bonds is 2. The first kappa shape index (κ1) is 9.52. The first-order valence-corrected chi connectivity index (χ1v) is 4.60. The maximum absolute atomic E-state index is 10.5. The van der Waals surface area contributed by atoms with Crippen LogP contribution in [0, 0.1) is 0 Å². The number of piperazine rings is 1. The molecule has 1 rings (SSSR count). The highest BCUT2D eigenvalue weighted by Gasteiger charge is 2.23. The topological polar surface area (TPSA) is 23.6 Å². The summed E-state index contributed by atoms with van der Waals surface area (Å²) >= 11 is 0. The Morgan fingerprint density at radius 3 is 2.50 bits per heavy atom. The van der Waals surface area contributed by atoms with Crippen LogP contribution in [0.25, 0.3) is 0 Å². The lowest BCUT2D eigenvalue weighted by Crippen LogP contribution is -2.53. The highest BCUT2D eigenvalue weighted by atomic mass is 16.1. The molecule has 0 bridgehead atoms. The standard InChI is InChI=1S/C9H18N2O/c1-8(2)11-5-4-10(7-12)6-9(11)3/h7-9H,4-6H2,1-3H3. The van der Waals surface area contributed by atoms with E-state index in [4.69, 9.17) is 0 Å². The van der Waals surface area contributed by atoms with Crippen LogP contribution in [0.4, 0.5) is 0 Å². The number of amides is 1. The summed E-state index contributed by atoms with van der Waals surface area (Å²) in [6.07, 6.45) is 0.953. The number of carbonyl (C=O) groups excluding carboxylic acids is 1.